The van der Waals surface area contributed by atoms with Gasteiger partial charge in [0.15, 0.2) is 12.6 Å². The van der Waals surface area contributed by atoms with E-state index in [1.807, 2.05) is 37.3 Å². The first-order valence-corrected chi connectivity index (χ1v) is 5.86. The smallest absolute Gasteiger partial charge is 0.188 e. The lowest BCUT2D eigenvalue weighted by Gasteiger charge is -2.03. The molecule has 0 unspecified atom stereocenters. The molecule has 1 aromatic carbocycles. The lowest BCUT2D eigenvalue weighted by atomic mass is 10.2. The maximum absolute atomic E-state index is 11.4. The van der Waals surface area contributed by atoms with E-state index in [-0.39, 0.29) is 12.6 Å². The van der Waals surface area contributed by atoms with Crippen molar-refractivity contribution in [3.8, 4) is 5.75 Å². The van der Waals surface area contributed by atoms with Crippen LogP contribution < -0.4 is 4.74 Å². The molecule has 0 spiro atoms. The fraction of sp³-hybridized carbons (Fsp3) is 0.267. The summed E-state index contributed by atoms with van der Waals surface area (Å²) in [6, 6.07) is 7.45. The number of hydrogen-bond donors (Lipinski definition) is 0. The van der Waals surface area contributed by atoms with Crippen molar-refractivity contribution in [2.24, 2.45) is 0 Å². The normalized spacial score (nSPS) is 11.2. The van der Waals surface area contributed by atoms with Crippen LogP contribution in [0.3, 0.4) is 0 Å². The van der Waals surface area contributed by atoms with Gasteiger partial charge in [-0.05, 0) is 36.3 Å². The number of carbonyl (C=O) groups is 1. The van der Waals surface area contributed by atoms with E-state index in [1.165, 1.54) is 0 Å². The molecule has 0 heterocycles. The number of ether oxygens (including phenoxy) is 2. The zero-order valence-corrected chi connectivity index (χ0v) is 10.8. The average Bonchev–Trinajstić information content (AvgIpc) is 2.41. The van der Waals surface area contributed by atoms with Gasteiger partial charge < -0.3 is 9.47 Å². The van der Waals surface area contributed by atoms with Crippen molar-refractivity contribution in [3.63, 3.8) is 0 Å². The lowest BCUT2D eigenvalue weighted by molar-refractivity contribution is -0.110. The van der Waals surface area contributed by atoms with Crippen molar-refractivity contribution in [1.82, 2.24) is 0 Å². The summed E-state index contributed by atoms with van der Waals surface area (Å²) in [5, 5.41) is 0. The van der Waals surface area contributed by atoms with Gasteiger partial charge in [-0.2, -0.15) is 0 Å². The monoisotopic (exact) mass is 246 g/mol. The summed E-state index contributed by atoms with van der Waals surface area (Å²) in [4.78, 5) is 11.4. The number of carbonyl (C=O) groups excluding carboxylic acids is 1. The molecule has 0 saturated carbocycles. The van der Waals surface area contributed by atoms with Gasteiger partial charge in [0.1, 0.15) is 5.75 Å². The Morgan fingerprint density at radius 3 is 2.56 bits per heavy atom. The van der Waals surface area contributed by atoms with Gasteiger partial charge in [0.2, 0.25) is 0 Å². The maximum Gasteiger partial charge on any atom is 0.188 e. The highest BCUT2D eigenvalue weighted by Crippen LogP contribution is 2.13. The third-order valence-corrected chi connectivity index (χ3v) is 2.18. The van der Waals surface area contributed by atoms with Crippen molar-refractivity contribution in [1.29, 1.82) is 0 Å². The van der Waals surface area contributed by atoms with E-state index in [1.54, 1.807) is 25.3 Å². The van der Waals surface area contributed by atoms with Crippen LogP contribution in [0, 0.1) is 0 Å². The van der Waals surface area contributed by atoms with Crippen molar-refractivity contribution >= 4 is 11.9 Å². The average molecular weight is 246 g/mol. The Kier molecular flexibility index (Phi) is 6.51. The summed E-state index contributed by atoms with van der Waals surface area (Å²) in [5.74, 6) is 0.739. The third kappa shape index (κ3) is 5.46. The van der Waals surface area contributed by atoms with Crippen LogP contribution in [0.25, 0.3) is 6.08 Å². The first-order valence-electron chi connectivity index (χ1n) is 5.86. The van der Waals surface area contributed by atoms with Gasteiger partial charge in [-0.25, -0.2) is 0 Å². The number of rotatable bonds is 7. The molecule has 96 valence electrons. The van der Waals surface area contributed by atoms with E-state index in [0.717, 1.165) is 17.7 Å². The Bertz CT molecular complexity index is 416. The highest BCUT2D eigenvalue weighted by atomic mass is 16.7. The van der Waals surface area contributed by atoms with Crippen LogP contribution >= 0.6 is 0 Å². The Morgan fingerprint density at radius 1 is 1.22 bits per heavy atom. The SMILES string of the molecule is CCC=CC(=O)C=Cc1ccc(OCOC)cc1. The lowest BCUT2D eigenvalue weighted by Crippen LogP contribution is -1.98. The van der Waals surface area contributed by atoms with Gasteiger partial charge in [-0.1, -0.05) is 31.2 Å². The van der Waals surface area contributed by atoms with Gasteiger partial charge in [0.25, 0.3) is 0 Å². The molecule has 0 N–H and O–H groups in total. The molecule has 1 rings (SSSR count). The topological polar surface area (TPSA) is 35.5 Å². The zero-order valence-electron chi connectivity index (χ0n) is 10.8. The molecule has 1 aromatic rings. The van der Waals surface area contributed by atoms with Crippen LogP contribution in [0.4, 0.5) is 0 Å². The molecule has 0 fully saturated rings. The first kappa shape index (κ1) is 14.2. The van der Waals surface area contributed by atoms with Crippen LogP contribution in [0.15, 0.2) is 42.5 Å². The predicted molar refractivity (Wildman–Crippen MR) is 72.4 cm³/mol. The Hall–Kier alpha value is -1.87. The zero-order chi connectivity index (χ0) is 13.2. The molecule has 3 nitrogen and oxygen atoms in total. The van der Waals surface area contributed by atoms with Crippen LogP contribution in [-0.4, -0.2) is 19.7 Å². The predicted octanol–water partition coefficient (Wildman–Crippen LogP) is 3.22. The first-order chi connectivity index (χ1) is 8.76. The van der Waals surface area contributed by atoms with Gasteiger partial charge in [0.05, 0.1) is 0 Å². The molecule has 0 radical (unpaired) electrons. The van der Waals surface area contributed by atoms with Gasteiger partial charge in [-0.3, -0.25) is 4.79 Å². The second-order valence-corrected chi connectivity index (χ2v) is 3.67. The number of methoxy groups -OCH3 is 1. The summed E-state index contributed by atoms with van der Waals surface area (Å²) < 4.78 is 10.1. The minimum atomic E-state index is -0.00319. The summed E-state index contributed by atoms with van der Waals surface area (Å²) >= 11 is 0. The number of allylic oxidation sites excluding steroid dienone is 3. The summed E-state index contributed by atoms with van der Waals surface area (Å²) in [6.45, 7) is 2.22. The molecule has 0 saturated heterocycles. The minimum Gasteiger partial charge on any atom is -0.468 e. The van der Waals surface area contributed by atoms with E-state index >= 15 is 0 Å². The number of benzene rings is 1. The van der Waals surface area contributed by atoms with E-state index in [9.17, 15) is 4.79 Å². The molecule has 0 aliphatic carbocycles. The highest BCUT2D eigenvalue weighted by molar-refractivity contribution is 6.01. The molecular formula is C15H18O3. The maximum atomic E-state index is 11.4. The molecule has 0 aliphatic heterocycles. The number of hydrogen-bond acceptors (Lipinski definition) is 3. The van der Waals surface area contributed by atoms with Crippen molar-refractivity contribution in [3.05, 3.63) is 48.1 Å². The Morgan fingerprint density at radius 2 is 1.94 bits per heavy atom. The molecule has 0 bridgehead atoms. The van der Waals surface area contributed by atoms with Crippen LogP contribution in [0.5, 0.6) is 5.75 Å². The van der Waals surface area contributed by atoms with E-state index in [0.29, 0.717) is 0 Å². The second-order valence-electron chi connectivity index (χ2n) is 3.67. The second kappa shape index (κ2) is 8.25. The van der Waals surface area contributed by atoms with Crippen molar-refractivity contribution in [2.75, 3.05) is 13.9 Å². The fourth-order valence-electron chi connectivity index (χ4n) is 1.27. The van der Waals surface area contributed by atoms with Gasteiger partial charge in [0, 0.05) is 7.11 Å². The number of ketones is 1. The van der Waals surface area contributed by atoms with Gasteiger partial charge in [-0.15, -0.1) is 0 Å². The molecule has 0 aliphatic rings. The molecule has 0 aromatic heterocycles. The van der Waals surface area contributed by atoms with Crippen LogP contribution in [0.2, 0.25) is 0 Å². The standard InChI is InChI=1S/C15H18O3/c1-3-4-5-14(16)9-6-13-7-10-15(11-8-13)18-12-17-2/h4-11H,3,12H2,1-2H3. The third-order valence-electron chi connectivity index (χ3n) is 2.18. The summed E-state index contributed by atoms with van der Waals surface area (Å²) in [6.07, 6.45) is 7.62. The molecule has 0 amide bonds. The molecular weight excluding hydrogens is 228 g/mol. The molecule has 3 heteroatoms. The fourth-order valence-corrected chi connectivity index (χ4v) is 1.27. The quantitative estimate of drug-likeness (QED) is 0.547. The highest BCUT2D eigenvalue weighted by Gasteiger charge is 1.93. The van der Waals surface area contributed by atoms with E-state index < -0.39 is 0 Å². The largest absolute Gasteiger partial charge is 0.468 e. The molecule has 0 atom stereocenters. The van der Waals surface area contributed by atoms with Crippen LogP contribution in [0.1, 0.15) is 18.9 Å². The van der Waals surface area contributed by atoms with Crippen molar-refractivity contribution in [2.45, 2.75) is 13.3 Å². The molecule has 18 heavy (non-hydrogen) atoms. The van der Waals surface area contributed by atoms with E-state index in [4.69, 9.17) is 9.47 Å². The minimum absolute atomic E-state index is 0.00319. The summed E-state index contributed by atoms with van der Waals surface area (Å²) in [7, 11) is 1.58. The summed E-state index contributed by atoms with van der Waals surface area (Å²) in [5.41, 5.74) is 0.956. The Labute approximate surface area is 108 Å². The Balaban J connectivity index is 2.55. The van der Waals surface area contributed by atoms with Crippen LogP contribution in [-0.2, 0) is 9.53 Å². The van der Waals surface area contributed by atoms with Crippen molar-refractivity contribution < 1.29 is 14.3 Å². The van der Waals surface area contributed by atoms with E-state index in [2.05, 4.69) is 0 Å². The van der Waals surface area contributed by atoms with Gasteiger partial charge >= 0.3 is 0 Å².